The molecule has 186 valence electrons. The largest absolute Gasteiger partial charge is 0.544 e. The first-order valence-electron chi connectivity index (χ1n) is 13.2. The van der Waals surface area contributed by atoms with Crippen LogP contribution in [-0.4, -0.2) is 37.2 Å². The summed E-state index contributed by atoms with van der Waals surface area (Å²) in [6, 6.07) is 7.01. The van der Waals surface area contributed by atoms with Gasteiger partial charge in [0.1, 0.15) is 5.75 Å². The van der Waals surface area contributed by atoms with Crippen LogP contribution in [0.2, 0.25) is 58.9 Å². The van der Waals surface area contributed by atoms with Crippen LogP contribution in [0.1, 0.15) is 49.7 Å². The minimum atomic E-state index is -1.68. The van der Waals surface area contributed by atoms with E-state index in [1.807, 2.05) is 0 Å². The Morgan fingerprint density at radius 1 is 0.788 bits per heavy atom. The maximum absolute atomic E-state index is 7.05. The van der Waals surface area contributed by atoms with E-state index in [1.165, 1.54) is 31.2 Å². The van der Waals surface area contributed by atoms with Crippen LogP contribution in [0.4, 0.5) is 0 Å². The minimum absolute atomic E-state index is 0.139. The second-order valence-corrected chi connectivity index (χ2v) is 27.5. The molecule has 0 aromatic heterocycles. The number of hydrogen-bond donors (Lipinski definition) is 0. The quantitative estimate of drug-likeness (QED) is 0.370. The molecular weight excluding hydrogens is 457 g/mol. The van der Waals surface area contributed by atoms with Crippen molar-refractivity contribution in [1.29, 1.82) is 0 Å². The first kappa shape index (κ1) is 25.7. The van der Waals surface area contributed by atoms with Crippen molar-refractivity contribution in [3.63, 3.8) is 0 Å². The van der Waals surface area contributed by atoms with Crippen molar-refractivity contribution in [3.8, 4) is 5.75 Å². The van der Waals surface area contributed by atoms with E-state index in [9.17, 15) is 0 Å². The third kappa shape index (κ3) is 5.40. The molecule has 0 heterocycles. The Kier molecular flexibility index (Phi) is 6.70. The molecule has 0 saturated heterocycles. The Morgan fingerprint density at radius 2 is 1.42 bits per heavy atom. The van der Waals surface area contributed by atoms with Crippen molar-refractivity contribution in [2.75, 3.05) is 0 Å². The van der Waals surface area contributed by atoms with Crippen molar-refractivity contribution in [2.45, 2.75) is 116 Å². The molecule has 0 aliphatic heterocycles. The van der Waals surface area contributed by atoms with Crippen LogP contribution in [0.5, 0.6) is 5.75 Å². The lowest BCUT2D eigenvalue weighted by Crippen LogP contribution is -2.57. The molecule has 0 amide bonds. The lowest BCUT2D eigenvalue weighted by molar-refractivity contribution is -0.101. The zero-order valence-electron chi connectivity index (χ0n) is 22.9. The number of aryl methyl sites for hydroxylation is 1. The normalized spacial score (nSPS) is 34.4. The fourth-order valence-corrected chi connectivity index (χ4v) is 10.4. The number of benzene rings is 1. The van der Waals surface area contributed by atoms with Crippen LogP contribution in [0, 0.1) is 17.3 Å². The van der Waals surface area contributed by atoms with Gasteiger partial charge in [-0.1, -0.05) is 13.0 Å². The van der Waals surface area contributed by atoms with Gasteiger partial charge in [-0.25, -0.2) is 0 Å². The second-order valence-electron chi connectivity index (χ2n) is 14.1. The molecule has 2 fully saturated rings. The van der Waals surface area contributed by atoms with Gasteiger partial charge < -0.3 is 13.3 Å². The van der Waals surface area contributed by atoms with Gasteiger partial charge in [0.25, 0.3) is 0 Å². The molecule has 6 heteroatoms. The topological polar surface area (TPSA) is 27.7 Å². The summed E-state index contributed by atoms with van der Waals surface area (Å²) in [7, 11) is -4.90. The fraction of sp³-hybridized carbons (Fsp3) is 0.778. The van der Waals surface area contributed by atoms with E-state index in [1.54, 1.807) is 5.56 Å². The summed E-state index contributed by atoms with van der Waals surface area (Å²) in [5.74, 6) is 3.14. The third-order valence-electron chi connectivity index (χ3n) is 8.10. The van der Waals surface area contributed by atoms with Gasteiger partial charge in [-0.2, -0.15) is 0 Å². The van der Waals surface area contributed by atoms with Crippen LogP contribution < -0.4 is 4.43 Å². The molecule has 3 aliphatic carbocycles. The molecule has 2 saturated carbocycles. The molecule has 0 N–H and O–H groups in total. The molecule has 3 nitrogen and oxygen atoms in total. The van der Waals surface area contributed by atoms with Crippen molar-refractivity contribution in [3.05, 3.63) is 29.3 Å². The Labute approximate surface area is 206 Å². The molecule has 33 heavy (non-hydrogen) atoms. The molecule has 1 aromatic rings. The molecule has 1 aromatic carbocycles. The molecule has 0 spiro atoms. The van der Waals surface area contributed by atoms with Gasteiger partial charge in [0.2, 0.25) is 8.32 Å². The zero-order valence-corrected chi connectivity index (χ0v) is 25.9. The first-order valence-corrected chi connectivity index (χ1v) is 23.5. The van der Waals surface area contributed by atoms with Crippen LogP contribution in [-0.2, 0) is 15.3 Å². The highest BCUT2D eigenvalue weighted by Crippen LogP contribution is 2.63. The minimum Gasteiger partial charge on any atom is -0.544 e. The van der Waals surface area contributed by atoms with Crippen molar-refractivity contribution < 1.29 is 13.3 Å². The molecular formula is C27H48O3Si3. The maximum Gasteiger partial charge on any atom is 0.242 e. The van der Waals surface area contributed by atoms with Gasteiger partial charge in [-0.05, 0) is 132 Å². The lowest BCUT2D eigenvalue weighted by atomic mass is 9.54. The lowest BCUT2D eigenvalue weighted by Gasteiger charge is -2.56. The van der Waals surface area contributed by atoms with Crippen LogP contribution in [0.25, 0.3) is 0 Å². The van der Waals surface area contributed by atoms with Gasteiger partial charge in [-0.3, -0.25) is 0 Å². The van der Waals surface area contributed by atoms with E-state index in [2.05, 4.69) is 84.0 Å². The van der Waals surface area contributed by atoms with Crippen LogP contribution >= 0.6 is 0 Å². The summed E-state index contributed by atoms with van der Waals surface area (Å²) in [4.78, 5) is 0. The molecule has 4 rings (SSSR count). The number of hydrogen-bond acceptors (Lipinski definition) is 3. The molecule has 0 bridgehead atoms. The van der Waals surface area contributed by atoms with Crippen molar-refractivity contribution >= 4 is 25.0 Å². The van der Waals surface area contributed by atoms with E-state index in [4.69, 9.17) is 13.3 Å². The third-order valence-corrected chi connectivity index (χ3v) is 10.9. The monoisotopic (exact) mass is 504 g/mol. The Hall–Kier alpha value is -0.409. The van der Waals surface area contributed by atoms with Crippen LogP contribution in [0.3, 0.4) is 0 Å². The van der Waals surface area contributed by atoms with E-state index in [0.717, 1.165) is 18.1 Å². The van der Waals surface area contributed by atoms with E-state index >= 15 is 0 Å². The molecule has 6 unspecified atom stereocenters. The summed E-state index contributed by atoms with van der Waals surface area (Å²) in [6.07, 6.45) is 6.78. The Bertz CT molecular complexity index is 867. The molecule has 0 radical (unpaired) electrons. The second kappa shape index (κ2) is 8.61. The van der Waals surface area contributed by atoms with Gasteiger partial charge in [0, 0.05) is 5.41 Å². The average molecular weight is 505 g/mol. The van der Waals surface area contributed by atoms with E-state index < -0.39 is 25.0 Å². The van der Waals surface area contributed by atoms with Gasteiger partial charge >= 0.3 is 0 Å². The summed E-state index contributed by atoms with van der Waals surface area (Å²) >= 11 is 0. The van der Waals surface area contributed by atoms with Crippen LogP contribution in [0.15, 0.2) is 18.2 Å². The Balaban J connectivity index is 1.68. The number of fused-ring (bicyclic) bond motifs is 5. The standard InChI is InChI=1S/C27H48O3Si3/c1-27-24(15-16-25(27)29-32(5,6)7)22-13-11-19-17-20(28-31(2,3)4)12-14-21(19)23(22)18-26(27)30-33(8,9)10/h12,14,17,22-26H,11,13,15-16,18H2,1-10H3. The summed E-state index contributed by atoms with van der Waals surface area (Å²) in [5.41, 5.74) is 3.24. The predicted octanol–water partition coefficient (Wildman–Crippen LogP) is 7.81. The fourth-order valence-electron chi connectivity index (χ4n) is 7.13. The molecule has 3 aliphatic rings. The van der Waals surface area contributed by atoms with Gasteiger partial charge in [0.05, 0.1) is 12.2 Å². The average Bonchev–Trinajstić information content (AvgIpc) is 2.95. The summed E-state index contributed by atoms with van der Waals surface area (Å²) < 4.78 is 20.3. The number of rotatable bonds is 6. The smallest absolute Gasteiger partial charge is 0.242 e. The zero-order chi connectivity index (χ0) is 24.4. The Morgan fingerprint density at radius 3 is 2.03 bits per heavy atom. The molecule has 6 atom stereocenters. The highest BCUT2D eigenvalue weighted by Gasteiger charge is 2.61. The maximum atomic E-state index is 7.05. The van der Waals surface area contributed by atoms with Crippen molar-refractivity contribution in [2.24, 2.45) is 17.3 Å². The van der Waals surface area contributed by atoms with E-state index in [-0.39, 0.29) is 5.41 Å². The van der Waals surface area contributed by atoms with Gasteiger partial charge in [-0.15, -0.1) is 0 Å². The highest BCUT2D eigenvalue weighted by atomic mass is 28.4. The van der Waals surface area contributed by atoms with Gasteiger partial charge in [0.15, 0.2) is 16.6 Å². The summed E-state index contributed by atoms with van der Waals surface area (Å²) in [6.45, 7) is 23.4. The summed E-state index contributed by atoms with van der Waals surface area (Å²) in [5, 5.41) is 0. The first-order chi connectivity index (χ1) is 15.1. The van der Waals surface area contributed by atoms with E-state index in [0.29, 0.717) is 24.0 Å². The SMILES string of the molecule is CC12C(O[Si](C)(C)C)CCC1C1CCc3cc(O[Si](C)(C)C)ccc3C1CC2O[Si](C)(C)C. The van der Waals surface area contributed by atoms with Crippen molar-refractivity contribution in [1.82, 2.24) is 0 Å². The highest BCUT2D eigenvalue weighted by molar-refractivity contribution is 6.70. The predicted molar refractivity (Wildman–Crippen MR) is 147 cm³/mol.